The van der Waals surface area contributed by atoms with Gasteiger partial charge in [0.2, 0.25) is 5.91 Å². The Labute approximate surface area is 113 Å². The van der Waals surface area contributed by atoms with E-state index in [-0.39, 0.29) is 17.7 Å². The average Bonchev–Trinajstić information content (AvgIpc) is 2.92. The number of phenolic OH excluding ortho intramolecular Hbond substituents is 1. The fraction of sp³-hybridized carbons (Fsp3) is 0.533. The Balaban J connectivity index is 1.63. The largest absolute Gasteiger partial charge is 0.508 e. The van der Waals surface area contributed by atoms with Crippen molar-refractivity contribution in [2.45, 2.75) is 25.3 Å². The number of nitrogens with two attached hydrogens (primary N) is 1. The van der Waals surface area contributed by atoms with E-state index >= 15 is 0 Å². The summed E-state index contributed by atoms with van der Waals surface area (Å²) < 4.78 is 0. The molecule has 2 aliphatic rings. The van der Waals surface area contributed by atoms with Crippen molar-refractivity contribution in [1.29, 1.82) is 0 Å². The van der Waals surface area contributed by atoms with Crippen LogP contribution in [0.3, 0.4) is 0 Å². The van der Waals surface area contributed by atoms with Gasteiger partial charge in [0.05, 0.1) is 6.42 Å². The third-order valence-electron chi connectivity index (χ3n) is 4.53. The maximum absolute atomic E-state index is 12.3. The Bertz CT molecular complexity index is 489. The molecule has 1 aliphatic heterocycles. The minimum Gasteiger partial charge on any atom is -0.508 e. The molecule has 4 heteroatoms. The molecule has 0 radical (unpaired) electrons. The van der Waals surface area contributed by atoms with E-state index in [0.29, 0.717) is 18.3 Å². The summed E-state index contributed by atoms with van der Waals surface area (Å²) in [6.45, 7) is 1.67. The molecule has 1 aromatic rings. The molecule has 1 aliphatic carbocycles. The normalized spacial score (nSPS) is 29.5. The van der Waals surface area contributed by atoms with Gasteiger partial charge in [0.1, 0.15) is 5.75 Å². The van der Waals surface area contributed by atoms with Gasteiger partial charge in [0, 0.05) is 19.1 Å². The van der Waals surface area contributed by atoms with Crippen LogP contribution in [-0.4, -0.2) is 35.0 Å². The number of benzene rings is 1. The molecule has 1 saturated heterocycles. The van der Waals surface area contributed by atoms with Gasteiger partial charge in [-0.05, 0) is 42.4 Å². The van der Waals surface area contributed by atoms with Crippen molar-refractivity contribution in [2.75, 3.05) is 13.1 Å². The lowest BCUT2D eigenvalue weighted by Gasteiger charge is -2.18. The van der Waals surface area contributed by atoms with Gasteiger partial charge < -0.3 is 15.7 Å². The van der Waals surface area contributed by atoms with E-state index in [9.17, 15) is 9.90 Å². The van der Waals surface area contributed by atoms with E-state index in [0.717, 1.165) is 31.5 Å². The molecule has 1 saturated carbocycles. The molecule has 19 heavy (non-hydrogen) atoms. The fourth-order valence-corrected chi connectivity index (χ4v) is 3.46. The van der Waals surface area contributed by atoms with Crippen LogP contribution in [0.4, 0.5) is 0 Å². The number of carbonyl (C=O) groups is 1. The predicted octanol–water partition coefficient (Wildman–Crippen LogP) is 1.13. The van der Waals surface area contributed by atoms with E-state index in [2.05, 4.69) is 0 Å². The third-order valence-corrected chi connectivity index (χ3v) is 4.53. The van der Waals surface area contributed by atoms with E-state index in [4.69, 9.17) is 5.73 Å². The minimum absolute atomic E-state index is 0.146. The number of aromatic hydroxyl groups is 1. The summed E-state index contributed by atoms with van der Waals surface area (Å²) >= 11 is 0. The van der Waals surface area contributed by atoms with Crippen molar-refractivity contribution in [3.63, 3.8) is 0 Å². The molecule has 3 rings (SSSR count). The van der Waals surface area contributed by atoms with Crippen LogP contribution in [0.1, 0.15) is 18.4 Å². The number of rotatable bonds is 2. The second-order valence-electron chi connectivity index (χ2n) is 5.81. The Kier molecular flexibility index (Phi) is 3.19. The van der Waals surface area contributed by atoms with Crippen LogP contribution in [0, 0.1) is 11.8 Å². The number of nitrogens with zero attached hydrogens (tertiary/aromatic N) is 1. The Morgan fingerprint density at radius 3 is 2.95 bits per heavy atom. The first kappa shape index (κ1) is 12.5. The van der Waals surface area contributed by atoms with Crippen LogP contribution in [0.15, 0.2) is 24.3 Å². The molecule has 1 aromatic carbocycles. The lowest BCUT2D eigenvalue weighted by molar-refractivity contribution is -0.129. The van der Waals surface area contributed by atoms with Gasteiger partial charge in [0.15, 0.2) is 0 Å². The van der Waals surface area contributed by atoms with Crippen LogP contribution in [-0.2, 0) is 11.2 Å². The van der Waals surface area contributed by atoms with Crippen LogP contribution in [0.2, 0.25) is 0 Å². The monoisotopic (exact) mass is 260 g/mol. The summed E-state index contributed by atoms with van der Waals surface area (Å²) in [6, 6.07) is 7.18. The molecule has 0 spiro atoms. The summed E-state index contributed by atoms with van der Waals surface area (Å²) in [4.78, 5) is 14.2. The Morgan fingerprint density at radius 2 is 2.21 bits per heavy atom. The van der Waals surface area contributed by atoms with Gasteiger partial charge in [-0.2, -0.15) is 0 Å². The number of carbonyl (C=O) groups excluding carboxylic acids is 1. The molecule has 0 aromatic heterocycles. The smallest absolute Gasteiger partial charge is 0.227 e. The van der Waals surface area contributed by atoms with Crippen molar-refractivity contribution >= 4 is 5.91 Å². The first-order chi connectivity index (χ1) is 9.13. The second kappa shape index (κ2) is 4.85. The van der Waals surface area contributed by atoms with Crippen LogP contribution < -0.4 is 5.73 Å². The standard InChI is InChI=1S/C15H20N2O2/c16-14-5-4-11-8-17(9-13(11)14)15(19)7-10-2-1-3-12(18)6-10/h1-3,6,11,13-14,18H,4-5,7-9,16H2. The highest BCUT2D eigenvalue weighted by atomic mass is 16.3. The predicted molar refractivity (Wildman–Crippen MR) is 72.6 cm³/mol. The van der Waals surface area contributed by atoms with E-state index < -0.39 is 0 Å². The summed E-state index contributed by atoms with van der Waals surface area (Å²) in [5, 5.41) is 9.42. The molecular weight excluding hydrogens is 240 g/mol. The molecule has 3 unspecified atom stereocenters. The lowest BCUT2D eigenvalue weighted by atomic mass is 9.98. The molecular formula is C15H20N2O2. The van der Waals surface area contributed by atoms with Gasteiger partial charge >= 0.3 is 0 Å². The van der Waals surface area contributed by atoms with Gasteiger partial charge in [0.25, 0.3) is 0 Å². The minimum atomic E-state index is 0.146. The number of amides is 1. The maximum Gasteiger partial charge on any atom is 0.227 e. The van der Waals surface area contributed by atoms with Crippen molar-refractivity contribution in [3.05, 3.63) is 29.8 Å². The highest BCUT2D eigenvalue weighted by molar-refractivity contribution is 5.79. The van der Waals surface area contributed by atoms with E-state index in [1.54, 1.807) is 18.2 Å². The molecule has 4 nitrogen and oxygen atoms in total. The molecule has 3 N–H and O–H groups in total. The van der Waals surface area contributed by atoms with Gasteiger partial charge in [-0.25, -0.2) is 0 Å². The number of phenols is 1. The fourth-order valence-electron chi connectivity index (χ4n) is 3.46. The summed E-state index contributed by atoms with van der Waals surface area (Å²) in [5.74, 6) is 1.45. The Morgan fingerprint density at radius 1 is 1.37 bits per heavy atom. The Hall–Kier alpha value is -1.55. The molecule has 3 atom stereocenters. The molecule has 0 bridgehead atoms. The summed E-state index contributed by atoms with van der Waals surface area (Å²) in [5.41, 5.74) is 6.95. The van der Waals surface area contributed by atoms with Crippen molar-refractivity contribution < 1.29 is 9.90 Å². The maximum atomic E-state index is 12.3. The van der Waals surface area contributed by atoms with Gasteiger partial charge in [-0.3, -0.25) is 4.79 Å². The highest BCUT2D eigenvalue weighted by Crippen LogP contribution is 2.37. The average molecular weight is 260 g/mol. The zero-order chi connectivity index (χ0) is 13.4. The topological polar surface area (TPSA) is 66.6 Å². The second-order valence-corrected chi connectivity index (χ2v) is 5.81. The summed E-state index contributed by atoms with van der Waals surface area (Å²) in [7, 11) is 0. The SMILES string of the molecule is NC1CCC2CN(C(=O)Cc3cccc(O)c3)CC12. The molecule has 2 fully saturated rings. The zero-order valence-electron chi connectivity index (χ0n) is 11.0. The van der Waals surface area contributed by atoms with Crippen molar-refractivity contribution in [3.8, 4) is 5.75 Å². The van der Waals surface area contributed by atoms with Crippen molar-refractivity contribution in [2.24, 2.45) is 17.6 Å². The molecule has 1 amide bonds. The van der Waals surface area contributed by atoms with Crippen LogP contribution in [0.25, 0.3) is 0 Å². The highest BCUT2D eigenvalue weighted by Gasteiger charge is 2.42. The van der Waals surface area contributed by atoms with Gasteiger partial charge in [-0.1, -0.05) is 12.1 Å². The first-order valence-corrected chi connectivity index (χ1v) is 6.95. The summed E-state index contributed by atoms with van der Waals surface area (Å²) in [6.07, 6.45) is 2.62. The van der Waals surface area contributed by atoms with Gasteiger partial charge in [-0.15, -0.1) is 0 Å². The van der Waals surface area contributed by atoms with Crippen molar-refractivity contribution in [1.82, 2.24) is 4.90 Å². The number of fused-ring (bicyclic) bond motifs is 1. The first-order valence-electron chi connectivity index (χ1n) is 6.95. The van der Waals surface area contributed by atoms with E-state index in [1.165, 1.54) is 0 Å². The lowest BCUT2D eigenvalue weighted by Crippen LogP contribution is -2.34. The zero-order valence-corrected chi connectivity index (χ0v) is 11.0. The number of hydrogen-bond donors (Lipinski definition) is 2. The van der Waals surface area contributed by atoms with Crippen LogP contribution in [0.5, 0.6) is 5.75 Å². The van der Waals surface area contributed by atoms with Crippen LogP contribution >= 0.6 is 0 Å². The third kappa shape index (κ3) is 2.45. The number of likely N-dealkylation sites (tertiary alicyclic amines) is 1. The molecule has 102 valence electrons. The van der Waals surface area contributed by atoms with E-state index in [1.807, 2.05) is 11.0 Å². The number of hydrogen-bond acceptors (Lipinski definition) is 3. The molecule has 1 heterocycles. The quantitative estimate of drug-likeness (QED) is 0.837.